The molecule has 13 nitrogen and oxygen atoms in total. The average Bonchev–Trinajstić information content (AvgIpc) is 2.94. The number of aliphatic hydroxyl groups excluding tert-OH is 2. The molecule has 1 saturated heterocycles. The van der Waals surface area contributed by atoms with Gasteiger partial charge in [0.15, 0.2) is 12.2 Å². The van der Waals surface area contributed by atoms with Crippen LogP contribution in [0.4, 0.5) is 4.79 Å². The van der Waals surface area contributed by atoms with Gasteiger partial charge in [-0.15, -0.1) is 0 Å². The summed E-state index contributed by atoms with van der Waals surface area (Å²) in [7, 11) is 1.37. The Bertz CT molecular complexity index is 1440. The molecule has 0 aromatic heterocycles. The van der Waals surface area contributed by atoms with Crippen LogP contribution >= 0.6 is 0 Å². The van der Waals surface area contributed by atoms with Crippen molar-refractivity contribution in [3.8, 4) is 17.2 Å². The van der Waals surface area contributed by atoms with Crippen molar-refractivity contribution >= 4 is 17.8 Å². The van der Waals surface area contributed by atoms with Crippen LogP contribution in [0.25, 0.3) is 5.76 Å². The van der Waals surface area contributed by atoms with Crippen LogP contribution in [0.1, 0.15) is 61.2 Å². The van der Waals surface area contributed by atoms with Crippen LogP contribution in [0.2, 0.25) is 0 Å². The minimum Gasteiger partial charge on any atom is -0.817 e. The number of phenols is 1. The molecule has 0 radical (unpaired) electrons. The molecule has 0 saturated carbocycles. The fourth-order valence-corrected chi connectivity index (χ4v) is 5.31. The van der Waals surface area contributed by atoms with Gasteiger partial charge in [-0.05, 0) is 75.4 Å². The van der Waals surface area contributed by atoms with E-state index in [0.29, 0.717) is 23.5 Å². The number of benzene rings is 2. The number of rotatable bonds is 9. The number of nitrogens with one attached hydrogen (secondary N) is 1. The number of fused-ring (bicyclic) bond motifs is 1. The molecule has 2 amide bonds. The Kier molecular flexibility index (Phi) is 11.8. The van der Waals surface area contributed by atoms with Crippen molar-refractivity contribution in [2.75, 3.05) is 7.11 Å². The van der Waals surface area contributed by atoms with E-state index >= 15 is 0 Å². The van der Waals surface area contributed by atoms with E-state index < -0.39 is 54.3 Å². The van der Waals surface area contributed by atoms with Crippen molar-refractivity contribution in [2.24, 2.45) is 11.7 Å². The number of aliphatic hydroxyl groups is 2. The first-order chi connectivity index (χ1) is 20.6. The predicted molar refractivity (Wildman–Crippen MR) is 155 cm³/mol. The van der Waals surface area contributed by atoms with Gasteiger partial charge in [0.05, 0.1) is 23.2 Å². The molecule has 1 fully saturated rings. The fourth-order valence-electron chi connectivity index (χ4n) is 5.31. The van der Waals surface area contributed by atoms with Crippen molar-refractivity contribution in [2.45, 2.75) is 84.0 Å². The van der Waals surface area contributed by atoms with Crippen LogP contribution in [0.5, 0.6) is 17.2 Å². The van der Waals surface area contributed by atoms with Crippen LogP contribution in [-0.2, 0) is 20.6 Å². The fraction of sp³-hybridized carbons (Fsp3) is 0.484. The number of phenolic OH excluding ortho intramolecular Hbond substituents is 1. The largest absolute Gasteiger partial charge is 1.00 e. The maximum Gasteiger partial charge on any atom is 1.00 e. The molecule has 0 spiro atoms. The van der Waals surface area contributed by atoms with Gasteiger partial charge in [0.1, 0.15) is 29.1 Å². The van der Waals surface area contributed by atoms with Crippen molar-refractivity contribution in [1.82, 2.24) is 5.32 Å². The van der Waals surface area contributed by atoms with Crippen LogP contribution in [0.15, 0.2) is 36.0 Å². The van der Waals surface area contributed by atoms with E-state index in [4.69, 9.17) is 29.4 Å². The quantitative estimate of drug-likeness (QED) is 0.219. The molecule has 14 heteroatoms. The van der Waals surface area contributed by atoms with E-state index in [2.05, 4.69) is 19.2 Å². The summed E-state index contributed by atoms with van der Waals surface area (Å²) < 4.78 is 28.0. The topological polar surface area (TPSA) is 202 Å². The maximum absolute atomic E-state index is 13.0. The number of carbonyl (C=O) groups excluding carboxylic acids is 2. The molecule has 4 rings (SSSR count). The molecule has 2 aliphatic rings. The molecule has 2 heterocycles. The molecule has 2 aromatic rings. The Morgan fingerprint density at radius 3 is 2.49 bits per heavy atom. The number of aryl methyl sites for hydroxylation is 1. The first-order valence-electron chi connectivity index (χ1n) is 14.2. The first-order valence-corrected chi connectivity index (χ1v) is 14.2. The third-order valence-electron chi connectivity index (χ3n) is 7.68. The van der Waals surface area contributed by atoms with Crippen LogP contribution in [0.3, 0.4) is 0 Å². The number of aromatic hydroxyl groups is 1. The van der Waals surface area contributed by atoms with E-state index in [1.807, 2.05) is 0 Å². The molecular formula is C31H39N2NaO11. The molecule has 2 aliphatic heterocycles. The summed E-state index contributed by atoms with van der Waals surface area (Å²) in [5.41, 5.74) is 4.95. The second kappa shape index (κ2) is 14.6. The third-order valence-corrected chi connectivity index (χ3v) is 7.68. The van der Waals surface area contributed by atoms with Crippen LogP contribution in [0, 0.1) is 12.8 Å². The van der Waals surface area contributed by atoms with Gasteiger partial charge in [0, 0.05) is 18.2 Å². The molecule has 45 heavy (non-hydrogen) atoms. The predicted octanol–water partition coefficient (Wildman–Crippen LogP) is -0.618. The molecule has 240 valence electrons. The molecule has 2 aromatic carbocycles. The summed E-state index contributed by atoms with van der Waals surface area (Å²) in [5.74, 6) is -0.535. The van der Waals surface area contributed by atoms with Gasteiger partial charge >= 0.3 is 35.7 Å². The number of methoxy groups -OCH3 is 1. The van der Waals surface area contributed by atoms with Gasteiger partial charge in [-0.1, -0.05) is 13.8 Å². The van der Waals surface area contributed by atoms with Gasteiger partial charge in [-0.3, -0.25) is 4.79 Å². The number of amides is 2. The summed E-state index contributed by atoms with van der Waals surface area (Å²) in [4.78, 5) is 24.6. The van der Waals surface area contributed by atoms with Crippen molar-refractivity contribution < 1.29 is 83.3 Å². The Labute approximate surface area is 283 Å². The zero-order chi connectivity index (χ0) is 32.5. The monoisotopic (exact) mass is 638 g/mol. The minimum absolute atomic E-state index is 0. The average molecular weight is 639 g/mol. The zero-order valence-corrected chi connectivity index (χ0v) is 28.5. The van der Waals surface area contributed by atoms with Crippen LogP contribution in [-0.4, -0.2) is 70.9 Å². The number of hydrogen-bond donors (Lipinski definition) is 5. The SMILES string of the molecule is CO[C@@H]1[C@@H](OC(N)=O)[C@@H](O)[C@@H](Oc2ccc3c(c2C)OC([O-])C(NC(=O)c2ccc(O)c(CCC(C)C)c2)=C3O)OC1(C)C.[Na+]. The summed E-state index contributed by atoms with van der Waals surface area (Å²) >= 11 is 0. The van der Waals surface area contributed by atoms with Crippen LogP contribution < -0.4 is 55.2 Å². The number of nitrogens with two attached hydrogens (primary N) is 1. The molecular weight excluding hydrogens is 599 g/mol. The number of primary amides is 1. The minimum atomic E-state index is -2.00. The van der Waals surface area contributed by atoms with Gasteiger partial charge < -0.3 is 55.2 Å². The second-order valence-corrected chi connectivity index (χ2v) is 11.8. The Morgan fingerprint density at radius 1 is 1.18 bits per heavy atom. The van der Waals surface area contributed by atoms with E-state index in [0.717, 1.165) is 6.42 Å². The van der Waals surface area contributed by atoms with E-state index in [1.165, 1.54) is 31.4 Å². The maximum atomic E-state index is 13.0. The summed E-state index contributed by atoms with van der Waals surface area (Å²) in [6, 6.07) is 7.27. The van der Waals surface area contributed by atoms with Crippen molar-refractivity contribution in [1.29, 1.82) is 0 Å². The third kappa shape index (κ3) is 7.86. The number of carbonyl (C=O) groups is 2. The summed E-state index contributed by atoms with van der Waals surface area (Å²) in [5, 5.41) is 47.7. The number of ether oxygens (including phenoxy) is 5. The van der Waals surface area contributed by atoms with E-state index in [-0.39, 0.29) is 63.6 Å². The first kappa shape index (κ1) is 36.4. The molecule has 5 atom stereocenters. The number of hydrogen-bond acceptors (Lipinski definition) is 11. The Morgan fingerprint density at radius 2 is 1.87 bits per heavy atom. The van der Waals surface area contributed by atoms with Gasteiger partial charge in [0.25, 0.3) is 5.91 Å². The van der Waals surface area contributed by atoms with E-state index in [1.54, 1.807) is 26.8 Å². The van der Waals surface area contributed by atoms with E-state index in [9.17, 15) is 30.0 Å². The van der Waals surface area contributed by atoms with Crippen molar-refractivity contribution in [3.05, 3.63) is 58.3 Å². The normalized spacial score (nSPS) is 23.8. The van der Waals surface area contributed by atoms with Gasteiger partial charge in [0.2, 0.25) is 6.29 Å². The van der Waals surface area contributed by atoms with Crippen molar-refractivity contribution in [3.63, 3.8) is 0 Å². The standard InChI is InChI=1S/C31H39N2O11.Na/c1-14(2)7-8-16-13-17(9-11-19(16)34)27(37)33-21-22(35)18-10-12-20(15(3)24(18)42-28(21)38)41-29-23(36)25(43-30(32)39)26(40-6)31(4,5)44-29;/h9-14,23,25-26,28-29,34-36H,7-8H2,1-6H3,(H2,32,39)(H,33,37);/q-1;+1/t23-,25+,26-,28?,29+;/m1./s1. The molecule has 0 bridgehead atoms. The summed E-state index contributed by atoms with van der Waals surface area (Å²) in [6.07, 6.45) is -6.69. The molecule has 6 N–H and O–H groups in total. The Hall–Kier alpha value is -3.04. The smallest absolute Gasteiger partial charge is 0.817 e. The summed E-state index contributed by atoms with van der Waals surface area (Å²) in [6.45, 7) is 9.00. The van der Waals surface area contributed by atoms with Gasteiger partial charge in [-0.2, -0.15) is 0 Å². The zero-order valence-electron chi connectivity index (χ0n) is 26.5. The molecule has 0 aliphatic carbocycles. The Balaban J connectivity index is 0.00000552. The van der Waals surface area contributed by atoms with Gasteiger partial charge in [-0.25, -0.2) is 4.79 Å². The second-order valence-electron chi connectivity index (χ2n) is 11.8. The molecule has 1 unspecified atom stereocenters.